The van der Waals surface area contributed by atoms with Crippen molar-refractivity contribution in [2.75, 3.05) is 45.6 Å². The van der Waals surface area contributed by atoms with Gasteiger partial charge in [0.2, 0.25) is 10.0 Å². The van der Waals surface area contributed by atoms with Crippen LogP contribution in [0.15, 0.2) is 24.5 Å². The Labute approximate surface area is 160 Å². The van der Waals surface area contributed by atoms with Crippen LogP contribution in [0.1, 0.15) is 29.6 Å². The summed E-state index contributed by atoms with van der Waals surface area (Å²) in [4.78, 5) is 18.6. The number of aromatic nitrogens is 1. The Bertz CT molecular complexity index is 722. The Balaban J connectivity index is 1.60. The highest BCUT2D eigenvalue weighted by Gasteiger charge is 2.35. The highest BCUT2D eigenvalue weighted by Crippen LogP contribution is 2.24. The second-order valence-corrected chi connectivity index (χ2v) is 9.12. The van der Waals surface area contributed by atoms with E-state index in [4.69, 9.17) is 4.74 Å². The zero-order valence-corrected chi connectivity index (χ0v) is 16.5. The first-order chi connectivity index (χ1) is 12.9. The fourth-order valence-corrected chi connectivity index (χ4v) is 4.74. The largest absolute Gasteiger partial charge is 0.381 e. The predicted octanol–water partition coefficient (Wildman–Crippen LogP) is 0.326. The van der Waals surface area contributed by atoms with E-state index in [0.29, 0.717) is 37.8 Å². The van der Waals surface area contributed by atoms with Gasteiger partial charge in [-0.25, -0.2) is 12.7 Å². The number of nitrogens with zero attached hydrogens (tertiary/aromatic N) is 3. The molecule has 1 aromatic rings. The van der Waals surface area contributed by atoms with E-state index in [-0.39, 0.29) is 11.9 Å². The van der Waals surface area contributed by atoms with E-state index in [1.165, 1.54) is 6.26 Å². The smallest absolute Gasteiger partial charge is 0.252 e. The van der Waals surface area contributed by atoms with Gasteiger partial charge >= 0.3 is 0 Å². The maximum Gasteiger partial charge on any atom is 0.252 e. The fourth-order valence-electron chi connectivity index (χ4n) is 3.86. The Hall–Kier alpha value is -1.55. The molecule has 3 heterocycles. The average Bonchev–Trinajstić information content (AvgIpc) is 3.17. The lowest BCUT2D eigenvalue weighted by Gasteiger charge is -2.38. The zero-order valence-electron chi connectivity index (χ0n) is 15.7. The van der Waals surface area contributed by atoms with Crippen LogP contribution in [0.3, 0.4) is 0 Å². The second kappa shape index (κ2) is 9.09. The lowest BCUT2D eigenvalue weighted by molar-refractivity contribution is 0.0194. The van der Waals surface area contributed by atoms with Gasteiger partial charge in [-0.15, -0.1) is 0 Å². The van der Waals surface area contributed by atoms with E-state index in [0.717, 1.165) is 32.5 Å². The van der Waals surface area contributed by atoms with Crippen LogP contribution in [-0.4, -0.2) is 86.2 Å². The maximum absolute atomic E-state index is 12.2. The van der Waals surface area contributed by atoms with Crippen molar-refractivity contribution in [1.82, 2.24) is 19.5 Å². The van der Waals surface area contributed by atoms with Gasteiger partial charge in [0.1, 0.15) is 0 Å². The molecule has 0 spiro atoms. The van der Waals surface area contributed by atoms with Crippen molar-refractivity contribution >= 4 is 15.9 Å². The molecule has 2 fully saturated rings. The summed E-state index contributed by atoms with van der Waals surface area (Å²) in [7, 11) is -3.16. The van der Waals surface area contributed by atoms with E-state index >= 15 is 0 Å². The van der Waals surface area contributed by atoms with Gasteiger partial charge in [0, 0.05) is 63.9 Å². The molecule has 1 aromatic heterocycles. The number of pyridine rings is 1. The number of sulfonamides is 1. The molecular weight excluding hydrogens is 368 g/mol. The summed E-state index contributed by atoms with van der Waals surface area (Å²) in [6.45, 7) is 3.74. The van der Waals surface area contributed by atoms with E-state index in [1.807, 2.05) is 0 Å². The number of nitrogens with one attached hydrogen (secondary N) is 1. The molecule has 9 heteroatoms. The van der Waals surface area contributed by atoms with Crippen molar-refractivity contribution in [1.29, 1.82) is 0 Å². The van der Waals surface area contributed by atoms with Gasteiger partial charge in [0.25, 0.3) is 5.91 Å². The summed E-state index contributed by atoms with van der Waals surface area (Å²) < 4.78 is 30.8. The summed E-state index contributed by atoms with van der Waals surface area (Å²) in [5, 5.41) is 2.95. The van der Waals surface area contributed by atoms with E-state index in [2.05, 4.69) is 15.2 Å². The molecular formula is C18H28N4O4S. The monoisotopic (exact) mass is 396 g/mol. The minimum Gasteiger partial charge on any atom is -0.381 e. The number of carbonyl (C=O) groups excluding carboxylic acids is 1. The van der Waals surface area contributed by atoms with Gasteiger partial charge in [0.05, 0.1) is 11.8 Å². The lowest BCUT2D eigenvalue weighted by Crippen LogP contribution is -2.50. The SMILES string of the molecule is CS(=O)(=O)N1CCC(N(CCNC(=O)c2cccnc2)C2CCOCC2)C1. The summed E-state index contributed by atoms with van der Waals surface area (Å²) in [6, 6.07) is 4.01. The number of amides is 1. The normalized spacial score (nSPS) is 22.2. The third-order valence-corrected chi connectivity index (χ3v) is 6.57. The van der Waals surface area contributed by atoms with Crippen LogP contribution in [0, 0.1) is 0 Å². The topological polar surface area (TPSA) is 91.8 Å². The molecule has 0 saturated carbocycles. The molecule has 2 saturated heterocycles. The first-order valence-electron chi connectivity index (χ1n) is 9.42. The number of hydrogen-bond acceptors (Lipinski definition) is 6. The maximum atomic E-state index is 12.2. The van der Waals surface area contributed by atoms with Gasteiger partial charge in [-0.1, -0.05) is 0 Å². The summed E-state index contributed by atoms with van der Waals surface area (Å²) >= 11 is 0. The summed E-state index contributed by atoms with van der Waals surface area (Å²) in [5.74, 6) is -0.140. The van der Waals surface area contributed by atoms with Crippen molar-refractivity contribution in [2.45, 2.75) is 31.3 Å². The van der Waals surface area contributed by atoms with Crippen LogP contribution in [0.5, 0.6) is 0 Å². The Morgan fingerprint density at radius 1 is 1.33 bits per heavy atom. The molecule has 1 atom stereocenters. The van der Waals surface area contributed by atoms with Crippen LogP contribution in [0.25, 0.3) is 0 Å². The third-order valence-electron chi connectivity index (χ3n) is 5.30. The number of hydrogen-bond donors (Lipinski definition) is 1. The molecule has 1 amide bonds. The van der Waals surface area contributed by atoms with Gasteiger partial charge in [0.15, 0.2) is 0 Å². The van der Waals surface area contributed by atoms with Crippen LogP contribution in [0.2, 0.25) is 0 Å². The van der Waals surface area contributed by atoms with E-state index in [1.54, 1.807) is 28.8 Å². The van der Waals surface area contributed by atoms with Crippen molar-refractivity contribution in [3.63, 3.8) is 0 Å². The molecule has 0 aromatic carbocycles. The Morgan fingerprint density at radius 3 is 2.74 bits per heavy atom. The quantitative estimate of drug-likeness (QED) is 0.714. The molecule has 8 nitrogen and oxygen atoms in total. The van der Waals surface area contributed by atoms with Crippen LogP contribution in [0.4, 0.5) is 0 Å². The van der Waals surface area contributed by atoms with E-state index < -0.39 is 10.0 Å². The molecule has 150 valence electrons. The van der Waals surface area contributed by atoms with Gasteiger partial charge < -0.3 is 10.1 Å². The lowest BCUT2D eigenvalue weighted by atomic mass is 10.0. The first-order valence-corrected chi connectivity index (χ1v) is 11.3. The molecule has 0 radical (unpaired) electrons. The minimum atomic E-state index is -3.16. The van der Waals surface area contributed by atoms with Crippen LogP contribution < -0.4 is 5.32 Å². The molecule has 1 unspecified atom stereocenters. The van der Waals surface area contributed by atoms with Crippen molar-refractivity contribution in [3.05, 3.63) is 30.1 Å². The molecule has 2 aliphatic rings. The van der Waals surface area contributed by atoms with E-state index in [9.17, 15) is 13.2 Å². The Morgan fingerprint density at radius 2 is 2.11 bits per heavy atom. The molecule has 27 heavy (non-hydrogen) atoms. The van der Waals surface area contributed by atoms with Gasteiger partial charge in [-0.2, -0.15) is 0 Å². The summed E-state index contributed by atoms with van der Waals surface area (Å²) in [6.07, 6.45) is 7.14. The number of carbonyl (C=O) groups is 1. The Kier molecular flexibility index (Phi) is 6.80. The van der Waals surface area contributed by atoms with Gasteiger partial charge in [-0.3, -0.25) is 14.7 Å². The standard InChI is InChI=1S/C18H28N4O4S/c1-27(24,25)21-9-4-17(14-21)22(16-5-11-26-12-6-16)10-8-20-18(23)15-3-2-7-19-13-15/h2-3,7,13,16-17H,4-6,8-12,14H2,1H3,(H,20,23). The second-order valence-electron chi connectivity index (χ2n) is 7.14. The van der Waals surface area contributed by atoms with Crippen molar-refractivity contribution < 1.29 is 17.9 Å². The molecule has 0 bridgehead atoms. The number of ether oxygens (including phenoxy) is 1. The molecule has 2 aliphatic heterocycles. The van der Waals surface area contributed by atoms with Crippen molar-refractivity contribution in [2.24, 2.45) is 0 Å². The predicted molar refractivity (Wildman–Crippen MR) is 102 cm³/mol. The third kappa shape index (κ3) is 5.47. The van der Waals surface area contributed by atoms with Crippen LogP contribution in [-0.2, 0) is 14.8 Å². The first kappa shape index (κ1) is 20.2. The van der Waals surface area contributed by atoms with Crippen LogP contribution >= 0.6 is 0 Å². The minimum absolute atomic E-state index is 0.140. The highest BCUT2D eigenvalue weighted by molar-refractivity contribution is 7.88. The average molecular weight is 397 g/mol. The zero-order chi connectivity index (χ0) is 19.3. The molecule has 3 rings (SSSR count). The number of rotatable bonds is 7. The van der Waals surface area contributed by atoms with Crippen molar-refractivity contribution in [3.8, 4) is 0 Å². The summed E-state index contributed by atoms with van der Waals surface area (Å²) in [5.41, 5.74) is 0.541. The molecule has 0 aliphatic carbocycles. The highest BCUT2D eigenvalue weighted by atomic mass is 32.2. The fraction of sp³-hybridized carbons (Fsp3) is 0.667. The van der Waals surface area contributed by atoms with Gasteiger partial charge in [-0.05, 0) is 31.4 Å². The molecule has 1 N–H and O–H groups in total.